The first-order chi connectivity index (χ1) is 16.0. The van der Waals surface area contributed by atoms with Gasteiger partial charge >= 0.3 is 6.18 Å². The molecule has 14 heteroatoms. The molecular formula is C20H13F4N7O2S. The Bertz CT molecular complexity index is 1510. The van der Waals surface area contributed by atoms with Gasteiger partial charge in [-0.1, -0.05) is 0 Å². The highest BCUT2D eigenvalue weighted by molar-refractivity contribution is 7.89. The summed E-state index contributed by atoms with van der Waals surface area (Å²) in [6.45, 7) is 0.670. The predicted molar refractivity (Wildman–Crippen MR) is 110 cm³/mol. The van der Waals surface area contributed by atoms with E-state index in [1.165, 1.54) is 27.7 Å². The maximum atomic E-state index is 13.9. The van der Waals surface area contributed by atoms with Crippen molar-refractivity contribution in [3.63, 3.8) is 0 Å². The molecule has 9 nitrogen and oxygen atoms in total. The van der Waals surface area contributed by atoms with Gasteiger partial charge in [0.2, 0.25) is 16.0 Å². The molecule has 0 amide bonds. The van der Waals surface area contributed by atoms with Crippen molar-refractivity contribution in [2.75, 3.05) is 0 Å². The minimum atomic E-state index is -4.78. The van der Waals surface area contributed by atoms with Crippen molar-refractivity contribution in [2.24, 2.45) is 0 Å². The molecule has 0 aliphatic rings. The Hall–Kier alpha value is -3.96. The normalized spacial score (nSPS) is 13.1. The number of aromatic nitrogens is 5. The van der Waals surface area contributed by atoms with Gasteiger partial charge in [-0.15, -0.1) is 0 Å². The van der Waals surface area contributed by atoms with Gasteiger partial charge in [0.05, 0.1) is 23.1 Å². The number of hydrogen-bond acceptors (Lipinski definition) is 7. The zero-order chi connectivity index (χ0) is 24.7. The number of rotatable bonds is 5. The third-order valence-electron chi connectivity index (χ3n) is 4.75. The number of nitrogens with one attached hydrogen (secondary N) is 1. The van der Waals surface area contributed by atoms with Crippen LogP contribution in [0.15, 0.2) is 53.9 Å². The predicted octanol–water partition coefficient (Wildman–Crippen LogP) is 3.12. The first-order valence-electron chi connectivity index (χ1n) is 9.46. The van der Waals surface area contributed by atoms with Crippen LogP contribution in [0.5, 0.6) is 0 Å². The highest BCUT2D eigenvalue weighted by Gasteiger charge is 2.39. The van der Waals surface area contributed by atoms with Crippen molar-refractivity contribution in [3.8, 4) is 23.4 Å². The maximum absolute atomic E-state index is 13.9. The third-order valence-corrected chi connectivity index (χ3v) is 6.28. The average molecular weight is 491 g/mol. The highest BCUT2D eigenvalue weighted by Crippen LogP contribution is 2.34. The molecule has 34 heavy (non-hydrogen) atoms. The topological polar surface area (TPSA) is 126 Å². The molecule has 4 aromatic heterocycles. The fourth-order valence-electron chi connectivity index (χ4n) is 3.14. The molecule has 0 aromatic carbocycles. The minimum absolute atomic E-state index is 0.0265. The molecule has 1 unspecified atom stereocenters. The van der Waals surface area contributed by atoms with Crippen molar-refractivity contribution in [3.05, 3.63) is 60.4 Å². The zero-order valence-corrected chi connectivity index (χ0v) is 17.9. The summed E-state index contributed by atoms with van der Waals surface area (Å²) >= 11 is 0. The first kappa shape index (κ1) is 23.2. The Morgan fingerprint density at radius 1 is 1.12 bits per heavy atom. The standard InChI is InChI=1S/C20H13F4N7O2S/c1-11(20(22,23)24)30-34(32,33)13-3-4-16(28-10-13)17-15(8-25)14-7-12(21)9-29-18(14)31(17)19-26-5-2-6-27-19/h2-7,9-11,30H,1H3. The summed E-state index contributed by atoms with van der Waals surface area (Å²) in [6, 6.07) is 4.55. The van der Waals surface area contributed by atoms with Gasteiger partial charge in [-0.25, -0.2) is 27.8 Å². The largest absolute Gasteiger partial charge is 0.404 e. The van der Waals surface area contributed by atoms with E-state index in [9.17, 15) is 31.2 Å². The molecule has 0 saturated carbocycles. The fourth-order valence-corrected chi connectivity index (χ4v) is 4.32. The highest BCUT2D eigenvalue weighted by atomic mass is 32.2. The Balaban J connectivity index is 1.87. The number of halogens is 4. The number of pyridine rings is 2. The molecule has 0 radical (unpaired) electrons. The second kappa shape index (κ2) is 8.43. The number of alkyl halides is 3. The molecule has 0 aliphatic carbocycles. The van der Waals surface area contributed by atoms with E-state index in [0.717, 1.165) is 24.5 Å². The smallest absolute Gasteiger partial charge is 0.259 e. The van der Waals surface area contributed by atoms with Crippen molar-refractivity contribution < 1.29 is 26.0 Å². The van der Waals surface area contributed by atoms with Crippen LogP contribution < -0.4 is 4.72 Å². The van der Waals surface area contributed by atoms with Crippen LogP contribution in [0.3, 0.4) is 0 Å². The number of fused-ring (bicyclic) bond motifs is 1. The van der Waals surface area contributed by atoms with E-state index in [1.54, 1.807) is 6.07 Å². The number of sulfonamides is 1. The monoisotopic (exact) mass is 491 g/mol. The van der Waals surface area contributed by atoms with Gasteiger partial charge in [-0.05, 0) is 31.2 Å². The second-order valence-electron chi connectivity index (χ2n) is 7.01. The van der Waals surface area contributed by atoms with Crippen LogP contribution in [0.25, 0.3) is 28.4 Å². The Kier molecular flexibility index (Phi) is 5.75. The van der Waals surface area contributed by atoms with Crippen LogP contribution in [-0.2, 0) is 10.0 Å². The molecule has 4 heterocycles. The summed E-state index contributed by atoms with van der Waals surface area (Å²) in [5, 5.41) is 9.94. The molecule has 0 fully saturated rings. The van der Waals surface area contributed by atoms with Crippen LogP contribution in [0, 0.1) is 17.1 Å². The van der Waals surface area contributed by atoms with E-state index in [-0.39, 0.29) is 33.9 Å². The Labute approximate surface area is 189 Å². The van der Waals surface area contributed by atoms with Crippen LogP contribution in [0.2, 0.25) is 0 Å². The molecule has 174 valence electrons. The lowest BCUT2D eigenvalue weighted by Gasteiger charge is -2.17. The van der Waals surface area contributed by atoms with Crippen LogP contribution in [0.1, 0.15) is 12.5 Å². The lowest BCUT2D eigenvalue weighted by Crippen LogP contribution is -2.42. The van der Waals surface area contributed by atoms with E-state index in [1.807, 2.05) is 6.07 Å². The molecule has 0 bridgehead atoms. The van der Waals surface area contributed by atoms with E-state index < -0.39 is 33.0 Å². The number of nitrogens with zero attached hydrogens (tertiary/aromatic N) is 6. The molecule has 0 saturated heterocycles. The van der Waals surface area contributed by atoms with Crippen LogP contribution >= 0.6 is 0 Å². The van der Waals surface area contributed by atoms with E-state index in [4.69, 9.17) is 0 Å². The van der Waals surface area contributed by atoms with E-state index >= 15 is 0 Å². The summed E-state index contributed by atoms with van der Waals surface area (Å²) in [5.41, 5.74) is 0.285. The van der Waals surface area contributed by atoms with Gasteiger partial charge in [0.15, 0.2) is 0 Å². The van der Waals surface area contributed by atoms with Gasteiger partial charge < -0.3 is 0 Å². The van der Waals surface area contributed by atoms with Gasteiger partial charge in [-0.3, -0.25) is 9.55 Å². The summed E-state index contributed by atoms with van der Waals surface area (Å²) in [6.07, 6.45) is -0.109. The summed E-state index contributed by atoms with van der Waals surface area (Å²) in [5.74, 6) is -0.608. The summed E-state index contributed by atoms with van der Waals surface area (Å²) in [7, 11) is -4.54. The lowest BCUT2D eigenvalue weighted by molar-refractivity contribution is -0.147. The van der Waals surface area contributed by atoms with E-state index in [0.29, 0.717) is 6.92 Å². The van der Waals surface area contributed by atoms with Crippen molar-refractivity contribution in [2.45, 2.75) is 24.0 Å². The van der Waals surface area contributed by atoms with Gasteiger partial charge in [0.1, 0.15) is 28.5 Å². The lowest BCUT2D eigenvalue weighted by atomic mass is 10.1. The molecule has 4 rings (SSSR count). The van der Waals surface area contributed by atoms with Gasteiger partial charge in [0.25, 0.3) is 0 Å². The van der Waals surface area contributed by atoms with Crippen LogP contribution in [0.4, 0.5) is 17.6 Å². The first-order valence-corrected chi connectivity index (χ1v) is 10.9. The molecule has 1 atom stereocenters. The third kappa shape index (κ3) is 4.18. The number of hydrogen-bond donors (Lipinski definition) is 1. The van der Waals surface area contributed by atoms with Crippen LogP contribution in [-0.4, -0.2) is 45.1 Å². The minimum Gasteiger partial charge on any atom is -0.259 e. The van der Waals surface area contributed by atoms with Crippen molar-refractivity contribution in [1.29, 1.82) is 5.26 Å². The van der Waals surface area contributed by atoms with Gasteiger partial charge in [0, 0.05) is 24.0 Å². The van der Waals surface area contributed by atoms with Crippen molar-refractivity contribution >= 4 is 21.1 Å². The molecule has 0 spiro atoms. The maximum Gasteiger partial charge on any atom is 0.404 e. The summed E-state index contributed by atoms with van der Waals surface area (Å²) < 4.78 is 79.8. The van der Waals surface area contributed by atoms with Crippen molar-refractivity contribution in [1.82, 2.24) is 29.2 Å². The molecular weight excluding hydrogens is 478 g/mol. The Morgan fingerprint density at radius 2 is 1.82 bits per heavy atom. The molecule has 1 N–H and O–H groups in total. The van der Waals surface area contributed by atoms with Gasteiger partial charge in [-0.2, -0.15) is 23.2 Å². The average Bonchev–Trinajstić information content (AvgIpc) is 3.12. The van der Waals surface area contributed by atoms with E-state index in [2.05, 4.69) is 19.9 Å². The second-order valence-corrected chi connectivity index (χ2v) is 8.72. The Morgan fingerprint density at radius 3 is 2.41 bits per heavy atom. The summed E-state index contributed by atoms with van der Waals surface area (Å²) in [4.78, 5) is 15.8. The SMILES string of the molecule is CC(NS(=O)(=O)c1ccc(-c2c(C#N)c3cc(F)cnc3n2-c2ncccn2)nc1)C(F)(F)F. The number of nitriles is 1. The molecule has 0 aliphatic heterocycles. The zero-order valence-electron chi connectivity index (χ0n) is 17.1. The fraction of sp³-hybridized carbons (Fsp3) is 0.150. The molecule has 4 aromatic rings. The quantitative estimate of drug-likeness (QED) is 0.425.